The van der Waals surface area contributed by atoms with Crippen LogP contribution in [0.25, 0.3) is 22.2 Å². The van der Waals surface area contributed by atoms with Gasteiger partial charge in [-0.15, -0.1) is 0 Å². The van der Waals surface area contributed by atoms with Gasteiger partial charge in [0.2, 0.25) is 0 Å². The normalized spacial score (nSPS) is 12.1. The third-order valence-electron chi connectivity index (χ3n) is 6.16. The predicted molar refractivity (Wildman–Crippen MR) is 143 cm³/mol. The SMILES string of the molecule is Cc1ccc(N(c2ccc(C)cc2)c2ccc(-c3c4c(c(C)c5nsnc35)N=S=N4)cc2)cc1. The van der Waals surface area contributed by atoms with Gasteiger partial charge in [-0.1, -0.05) is 47.5 Å². The molecule has 1 aromatic heterocycles. The summed E-state index contributed by atoms with van der Waals surface area (Å²) in [7, 11) is 0. The Morgan fingerprint density at radius 3 is 1.68 bits per heavy atom. The Morgan fingerprint density at radius 2 is 1.09 bits per heavy atom. The molecular formula is C27H21N5S2. The van der Waals surface area contributed by atoms with Crippen molar-refractivity contribution in [2.24, 2.45) is 8.73 Å². The fourth-order valence-corrected chi connectivity index (χ4v) is 5.52. The molecule has 0 saturated heterocycles. The van der Waals surface area contributed by atoms with Crippen molar-refractivity contribution in [1.82, 2.24) is 8.75 Å². The molecule has 2 heterocycles. The van der Waals surface area contributed by atoms with Gasteiger partial charge in [-0.05, 0) is 62.7 Å². The van der Waals surface area contributed by atoms with E-state index in [1.807, 2.05) is 6.92 Å². The van der Waals surface area contributed by atoms with Crippen LogP contribution in [-0.4, -0.2) is 8.75 Å². The smallest absolute Gasteiger partial charge is 0.115 e. The summed E-state index contributed by atoms with van der Waals surface area (Å²) in [6.07, 6.45) is 0. The average molecular weight is 480 g/mol. The predicted octanol–water partition coefficient (Wildman–Crippen LogP) is 8.48. The van der Waals surface area contributed by atoms with Crippen molar-refractivity contribution in [3.63, 3.8) is 0 Å². The molecule has 1 aliphatic rings. The van der Waals surface area contributed by atoms with E-state index in [2.05, 4.69) is 109 Å². The monoisotopic (exact) mass is 479 g/mol. The van der Waals surface area contributed by atoms with Gasteiger partial charge < -0.3 is 4.90 Å². The molecule has 5 aromatic rings. The van der Waals surface area contributed by atoms with Crippen molar-refractivity contribution in [3.05, 3.63) is 89.5 Å². The molecule has 5 nitrogen and oxygen atoms in total. The number of anilines is 3. The summed E-state index contributed by atoms with van der Waals surface area (Å²) in [5.74, 6) is 0. The Kier molecular flexibility index (Phi) is 5.08. The molecule has 0 unspecified atom stereocenters. The summed E-state index contributed by atoms with van der Waals surface area (Å²) in [6.45, 7) is 6.26. The van der Waals surface area contributed by atoms with Gasteiger partial charge in [0.15, 0.2) is 0 Å². The van der Waals surface area contributed by atoms with Crippen molar-refractivity contribution in [2.45, 2.75) is 20.8 Å². The summed E-state index contributed by atoms with van der Waals surface area (Å²) in [5, 5.41) is 0. The van der Waals surface area contributed by atoms with E-state index in [0.717, 1.165) is 56.2 Å². The number of rotatable bonds is 4. The Morgan fingerprint density at radius 1 is 0.588 bits per heavy atom. The second-order valence-electron chi connectivity index (χ2n) is 8.48. The first kappa shape index (κ1) is 20.9. The van der Waals surface area contributed by atoms with E-state index in [1.165, 1.54) is 34.2 Å². The highest BCUT2D eigenvalue weighted by molar-refractivity contribution is 7.58. The van der Waals surface area contributed by atoms with Crippen LogP contribution in [0.3, 0.4) is 0 Å². The Hall–Kier alpha value is -3.68. The zero-order valence-electron chi connectivity index (χ0n) is 19.0. The fourth-order valence-electron chi connectivity index (χ4n) is 4.31. The van der Waals surface area contributed by atoms with Crippen LogP contribution < -0.4 is 4.90 Å². The van der Waals surface area contributed by atoms with Gasteiger partial charge in [0, 0.05) is 28.2 Å². The van der Waals surface area contributed by atoms with E-state index < -0.39 is 0 Å². The quantitative estimate of drug-likeness (QED) is 0.255. The van der Waals surface area contributed by atoms with Crippen LogP contribution >= 0.6 is 11.7 Å². The van der Waals surface area contributed by atoms with Crippen LogP contribution in [0.1, 0.15) is 16.7 Å². The van der Waals surface area contributed by atoms with Gasteiger partial charge >= 0.3 is 0 Å². The summed E-state index contributed by atoms with van der Waals surface area (Å²) in [4.78, 5) is 2.28. The number of hydrogen-bond donors (Lipinski definition) is 0. The molecule has 6 rings (SSSR count). The van der Waals surface area contributed by atoms with E-state index in [4.69, 9.17) is 0 Å². The minimum Gasteiger partial charge on any atom is -0.311 e. The molecule has 0 fully saturated rings. The molecule has 166 valence electrons. The Labute approximate surface area is 205 Å². The first-order valence-electron chi connectivity index (χ1n) is 11.0. The molecular weight excluding hydrogens is 458 g/mol. The highest BCUT2D eigenvalue weighted by Gasteiger charge is 2.23. The van der Waals surface area contributed by atoms with Gasteiger partial charge in [0.05, 0.1) is 23.1 Å². The Bertz CT molecular complexity index is 1550. The topological polar surface area (TPSA) is 53.7 Å². The standard InChI is InChI=1S/C27H21N5S2/c1-16-4-10-20(11-5-16)32(21-12-6-17(2)7-13-21)22-14-8-19(9-15-22)23-26-24(28-33-30-26)18(3)25-27(23)31-34-29-25/h4-15H,1-3H3. The highest BCUT2D eigenvalue weighted by Crippen LogP contribution is 2.48. The van der Waals surface area contributed by atoms with E-state index >= 15 is 0 Å². The average Bonchev–Trinajstić information content (AvgIpc) is 3.53. The molecule has 0 atom stereocenters. The molecule has 7 heteroatoms. The largest absolute Gasteiger partial charge is 0.311 e. The maximum Gasteiger partial charge on any atom is 0.115 e. The van der Waals surface area contributed by atoms with Gasteiger partial charge in [0.1, 0.15) is 22.4 Å². The molecule has 34 heavy (non-hydrogen) atoms. The van der Waals surface area contributed by atoms with Gasteiger partial charge in [-0.25, -0.2) is 0 Å². The first-order chi connectivity index (χ1) is 16.6. The number of aromatic nitrogens is 2. The molecule has 1 aliphatic heterocycles. The lowest BCUT2D eigenvalue weighted by molar-refractivity contribution is 1.27. The highest BCUT2D eigenvalue weighted by atomic mass is 32.1. The van der Waals surface area contributed by atoms with Crippen molar-refractivity contribution in [2.75, 3.05) is 4.90 Å². The lowest BCUT2D eigenvalue weighted by atomic mass is 9.97. The second kappa shape index (κ2) is 8.27. The fraction of sp³-hybridized carbons (Fsp3) is 0.111. The van der Waals surface area contributed by atoms with Crippen LogP contribution in [0, 0.1) is 20.8 Å². The molecule has 0 radical (unpaired) electrons. The van der Waals surface area contributed by atoms with E-state index in [0.29, 0.717) is 0 Å². The number of benzene rings is 4. The van der Waals surface area contributed by atoms with Crippen LogP contribution in [0.5, 0.6) is 0 Å². The molecule has 0 N–H and O–H groups in total. The summed E-state index contributed by atoms with van der Waals surface area (Å²) >= 11 is 2.47. The number of hydrogen-bond acceptors (Lipinski definition) is 6. The van der Waals surface area contributed by atoms with E-state index in [-0.39, 0.29) is 0 Å². The van der Waals surface area contributed by atoms with Gasteiger partial charge in [0.25, 0.3) is 0 Å². The lowest BCUT2D eigenvalue weighted by Gasteiger charge is -2.26. The molecule has 0 spiro atoms. The number of nitrogens with zero attached hydrogens (tertiary/aromatic N) is 5. The molecule has 0 aliphatic carbocycles. The van der Waals surface area contributed by atoms with Crippen molar-refractivity contribution >= 4 is 62.6 Å². The first-order valence-corrected chi connectivity index (χ1v) is 12.5. The van der Waals surface area contributed by atoms with E-state index in [9.17, 15) is 0 Å². The summed E-state index contributed by atoms with van der Waals surface area (Å²) in [6, 6.07) is 25.9. The van der Waals surface area contributed by atoms with E-state index in [1.54, 1.807) is 0 Å². The van der Waals surface area contributed by atoms with Gasteiger partial charge in [-0.3, -0.25) is 0 Å². The van der Waals surface area contributed by atoms with Crippen molar-refractivity contribution < 1.29 is 0 Å². The second-order valence-corrected chi connectivity index (χ2v) is 9.53. The Balaban J connectivity index is 1.48. The molecule has 4 aromatic carbocycles. The maximum atomic E-state index is 4.61. The van der Waals surface area contributed by atoms with Crippen LogP contribution in [-0.2, 0) is 11.4 Å². The lowest BCUT2D eigenvalue weighted by Crippen LogP contribution is -2.09. The summed E-state index contributed by atoms with van der Waals surface area (Å²) < 4.78 is 18.3. The van der Waals surface area contributed by atoms with Crippen LogP contribution in [0.15, 0.2) is 81.5 Å². The zero-order chi connectivity index (χ0) is 23.2. The molecule has 0 amide bonds. The summed E-state index contributed by atoms with van der Waals surface area (Å²) in [5.41, 5.74) is 12.5. The van der Waals surface area contributed by atoms with Crippen LogP contribution in [0.4, 0.5) is 28.4 Å². The number of aryl methyl sites for hydroxylation is 3. The maximum absolute atomic E-state index is 4.61. The molecule has 0 saturated carbocycles. The minimum absolute atomic E-state index is 0.893. The van der Waals surface area contributed by atoms with Crippen molar-refractivity contribution in [1.29, 1.82) is 0 Å². The third-order valence-corrected chi connectivity index (χ3v) is 7.22. The number of fused-ring (bicyclic) bond motifs is 2. The zero-order valence-corrected chi connectivity index (χ0v) is 20.6. The molecule has 0 bridgehead atoms. The minimum atomic E-state index is 0.893. The van der Waals surface area contributed by atoms with Crippen molar-refractivity contribution in [3.8, 4) is 11.1 Å². The third kappa shape index (κ3) is 3.45. The van der Waals surface area contributed by atoms with Crippen LogP contribution in [0.2, 0.25) is 0 Å². The van der Waals surface area contributed by atoms with Gasteiger partial charge in [-0.2, -0.15) is 17.5 Å².